The van der Waals surface area contributed by atoms with E-state index in [2.05, 4.69) is 10.2 Å². The Morgan fingerprint density at radius 2 is 1.75 bits per heavy atom. The molecule has 1 fully saturated rings. The zero-order valence-corrected chi connectivity index (χ0v) is 18.1. The SMILES string of the molecule is O=C(NCCN1CCC(Oc2ccc(Cl)c(Cl)c2)CC1)c1ccc(Cl)cc1Cl. The summed E-state index contributed by atoms with van der Waals surface area (Å²) < 4.78 is 6.00. The van der Waals surface area contributed by atoms with Gasteiger partial charge < -0.3 is 15.0 Å². The zero-order chi connectivity index (χ0) is 20.1. The zero-order valence-electron chi connectivity index (χ0n) is 15.1. The highest BCUT2D eigenvalue weighted by Crippen LogP contribution is 2.28. The number of likely N-dealkylation sites (tertiary alicyclic amines) is 1. The normalized spacial score (nSPS) is 15.4. The summed E-state index contributed by atoms with van der Waals surface area (Å²) in [6.45, 7) is 3.14. The summed E-state index contributed by atoms with van der Waals surface area (Å²) in [7, 11) is 0. The van der Waals surface area contributed by atoms with Gasteiger partial charge in [0.1, 0.15) is 11.9 Å². The van der Waals surface area contributed by atoms with Crippen molar-refractivity contribution in [2.45, 2.75) is 18.9 Å². The van der Waals surface area contributed by atoms with Gasteiger partial charge >= 0.3 is 0 Å². The van der Waals surface area contributed by atoms with Crippen molar-refractivity contribution in [2.24, 2.45) is 0 Å². The van der Waals surface area contributed by atoms with Gasteiger partial charge in [0.25, 0.3) is 5.91 Å². The van der Waals surface area contributed by atoms with Crippen LogP contribution in [0.25, 0.3) is 0 Å². The molecule has 0 saturated carbocycles. The minimum atomic E-state index is -0.195. The number of hydrogen-bond donors (Lipinski definition) is 1. The fraction of sp³-hybridized carbons (Fsp3) is 0.350. The highest BCUT2D eigenvalue weighted by atomic mass is 35.5. The molecule has 0 atom stereocenters. The second-order valence-corrected chi connectivity index (χ2v) is 8.27. The molecule has 0 unspecified atom stereocenters. The fourth-order valence-corrected chi connectivity index (χ4v) is 3.87. The van der Waals surface area contributed by atoms with Crippen LogP contribution in [0.3, 0.4) is 0 Å². The first kappa shape index (κ1) is 21.5. The molecule has 0 spiro atoms. The van der Waals surface area contributed by atoms with Gasteiger partial charge in [-0.2, -0.15) is 0 Å². The van der Waals surface area contributed by atoms with Crippen LogP contribution in [0.2, 0.25) is 20.1 Å². The van der Waals surface area contributed by atoms with Crippen LogP contribution in [0, 0.1) is 0 Å². The minimum Gasteiger partial charge on any atom is -0.490 e. The van der Waals surface area contributed by atoms with Crippen molar-refractivity contribution in [1.29, 1.82) is 0 Å². The molecule has 1 amide bonds. The molecule has 1 N–H and O–H groups in total. The van der Waals surface area contributed by atoms with Crippen molar-refractivity contribution < 1.29 is 9.53 Å². The Hall–Kier alpha value is -1.17. The summed E-state index contributed by atoms with van der Waals surface area (Å²) in [5.41, 5.74) is 0.430. The summed E-state index contributed by atoms with van der Waals surface area (Å²) in [4.78, 5) is 14.5. The molecule has 3 rings (SSSR count). The molecule has 0 aromatic heterocycles. The molecular formula is C20H20Cl4N2O2. The third-order valence-corrected chi connectivity index (χ3v) is 5.90. The Kier molecular flexibility index (Phi) is 7.72. The molecule has 1 heterocycles. The van der Waals surface area contributed by atoms with Gasteiger partial charge in [-0.3, -0.25) is 4.79 Å². The maximum atomic E-state index is 12.2. The van der Waals surface area contributed by atoms with Gasteiger partial charge in [0, 0.05) is 37.3 Å². The smallest absolute Gasteiger partial charge is 0.252 e. The lowest BCUT2D eigenvalue weighted by Crippen LogP contribution is -2.42. The number of carbonyl (C=O) groups is 1. The highest BCUT2D eigenvalue weighted by Gasteiger charge is 2.21. The largest absolute Gasteiger partial charge is 0.490 e. The van der Waals surface area contributed by atoms with Crippen LogP contribution in [0.1, 0.15) is 23.2 Å². The predicted octanol–water partition coefficient (Wildman–Crippen LogP) is 5.57. The molecule has 0 radical (unpaired) electrons. The summed E-state index contributed by atoms with van der Waals surface area (Å²) in [6.07, 6.45) is 1.98. The summed E-state index contributed by atoms with van der Waals surface area (Å²) in [5.74, 6) is 0.541. The molecule has 1 saturated heterocycles. The summed E-state index contributed by atoms with van der Waals surface area (Å²) >= 11 is 23.9. The molecule has 2 aromatic rings. The molecule has 1 aliphatic rings. The number of nitrogens with one attached hydrogen (secondary N) is 1. The van der Waals surface area contributed by atoms with Crippen molar-refractivity contribution in [3.05, 3.63) is 62.1 Å². The third kappa shape index (κ3) is 5.91. The number of nitrogens with zero attached hydrogens (tertiary/aromatic N) is 1. The monoisotopic (exact) mass is 460 g/mol. The van der Waals surface area contributed by atoms with Crippen LogP contribution in [0.15, 0.2) is 36.4 Å². The maximum Gasteiger partial charge on any atom is 0.252 e. The Bertz CT molecular complexity index is 839. The Labute approximate surface area is 184 Å². The molecular weight excluding hydrogens is 442 g/mol. The Morgan fingerprint density at radius 1 is 1.00 bits per heavy atom. The number of halogens is 4. The van der Waals surface area contributed by atoms with Crippen LogP contribution < -0.4 is 10.1 Å². The number of ether oxygens (including phenoxy) is 1. The van der Waals surface area contributed by atoms with Gasteiger partial charge in [-0.25, -0.2) is 0 Å². The lowest BCUT2D eigenvalue weighted by atomic mass is 10.1. The van der Waals surface area contributed by atoms with Crippen LogP contribution in [-0.4, -0.2) is 43.1 Å². The lowest BCUT2D eigenvalue weighted by molar-refractivity contribution is 0.0905. The van der Waals surface area contributed by atoms with Gasteiger partial charge in [0.15, 0.2) is 0 Å². The van der Waals surface area contributed by atoms with Crippen molar-refractivity contribution in [3.8, 4) is 5.75 Å². The summed E-state index contributed by atoms with van der Waals surface area (Å²) in [6, 6.07) is 10.2. The lowest BCUT2D eigenvalue weighted by Gasteiger charge is -2.32. The van der Waals surface area contributed by atoms with E-state index in [0.717, 1.165) is 38.2 Å². The molecule has 4 nitrogen and oxygen atoms in total. The highest BCUT2D eigenvalue weighted by molar-refractivity contribution is 6.42. The van der Waals surface area contributed by atoms with Crippen LogP contribution in [-0.2, 0) is 0 Å². The van der Waals surface area contributed by atoms with E-state index in [9.17, 15) is 4.79 Å². The van der Waals surface area contributed by atoms with E-state index in [-0.39, 0.29) is 12.0 Å². The predicted molar refractivity (Wildman–Crippen MR) is 115 cm³/mol. The standard InChI is InChI=1S/C20H20Cl4N2O2/c21-13-1-3-16(18(23)11-13)20(27)25-7-10-26-8-5-14(6-9-26)28-15-2-4-17(22)19(24)12-15/h1-4,11-12,14H,5-10H2,(H,25,27). The summed E-state index contributed by atoms with van der Waals surface area (Å²) in [5, 5.41) is 4.77. The first-order chi connectivity index (χ1) is 13.4. The van der Waals surface area contributed by atoms with Gasteiger partial charge in [0.05, 0.1) is 20.6 Å². The van der Waals surface area contributed by atoms with Crippen LogP contribution >= 0.6 is 46.4 Å². The molecule has 2 aromatic carbocycles. The number of carbonyl (C=O) groups excluding carboxylic acids is 1. The number of hydrogen-bond acceptors (Lipinski definition) is 3. The first-order valence-corrected chi connectivity index (χ1v) is 10.5. The minimum absolute atomic E-state index is 0.149. The van der Waals surface area contributed by atoms with Crippen molar-refractivity contribution >= 4 is 52.3 Å². The van der Waals surface area contributed by atoms with E-state index in [1.807, 2.05) is 6.07 Å². The van der Waals surface area contributed by atoms with E-state index in [1.54, 1.807) is 30.3 Å². The quantitative estimate of drug-likeness (QED) is 0.610. The van der Waals surface area contributed by atoms with Crippen molar-refractivity contribution in [1.82, 2.24) is 10.2 Å². The van der Waals surface area contributed by atoms with E-state index in [4.69, 9.17) is 51.1 Å². The van der Waals surface area contributed by atoms with Crippen molar-refractivity contribution in [2.75, 3.05) is 26.2 Å². The second-order valence-electron chi connectivity index (χ2n) is 6.61. The Morgan fingerprint density at radius 3 is 2.43 bits per heavy atom. The van der Waals surface area contributed by atoms with E-state index in [1.165, 1.54) is 0 Å². The molecule has 28 heavy (non-hydrogen) atoms. The number of benzene rings is 2. The van der Waals surface area contributed by atoms with Crippen LogP contribution in [0.5, 0.6) is 5.75 Å². The van der Waals surface area contributed by atoms with E-state index >= 15 is 0 Å². The average molecular weight is 462 g/mol. The fourth-order valence-electron chi connectivity index (χ4n) is 3.09. The number of rotatable bonds is 6. The van der Waals surface area contributed by atoms with E-state index < -0.39 is 0 Å². The van der Waals surface area contributed by atoms with Gasteiger partial charge in [-0.1, -0.05) is 46.4 Å². The molecule has 8 heteroatoms. The topological polar surface area (TPSA) is 41.6 Å². The van der Waals surface area contributed by atoms with Gasteiger partial charge in [-0.05, 0) is 43.2 Å². The van der Waals surface area contributed by atoms with Crippen LogP contribution in [0.4, 0.5) is 0 Å². The molecule has 1 aliphatic heterocycles. The number of amides is 1. The second kappa shape index (κ2) is 10.0. The Balaban J connectivity index is 1.39. The maximum absolute atomic E-state index is 12.2. The number of piperidine rings is 1. The molecule has 150 valence electrons. The van der Waals surface area contributed by atoms with Crippen molar-refractivity contribution in [3.63, 3.8) is 0 Å². The first-order valence-electron chi connectivity index (χ1n) is 8.99. The van der Waals surface area contributed by atoms with E-state index in [0.29, 0.717) is 32.2 Å². The van der Waals surface area contributed by atoms with Gasteiger partial charge in [0.2, 0.25) is 0 Å². The third-order valence-electron chi connectivity index (χ3n) is 4.62. The average Bonchev–Trinajstić information content (AvgIpc) is 2.66. The van der Waals surface area contributed by atoms with Gasteiger partial charge in [-0.15, -0.1) is 0 Å². The molecule has 0 bridgehead atoms. The molecule has 0 aliphatic carbocycles.